The topological polar surface area (TPSA) is 78.5 Å². The van der Waals surface area contributed by atoms with E-state index in [0.717, 1.165) is 67.7 Å². The predicted octanol–water partition coefficient (Wildman–Crippen LogP) is 4.36. The predicted molar refractivity (Wildman–Crippen MR) is 113 cm³/mol. The lowest BCUT2D eigenvalue weighted by Crippen LogP contribution is -2.70. The van der Waals surface area contributed by atoms with Crippen molar-refractivity contribution < 1.29 is 31.9 Å². The summed E-state index contributed by atoms with van der Waals surface area (Å²) in [6, 6.07) is 2.05. The molecule has 1 aromatic carbocycles. The fourth-order valence-corrected chi connectivity index (χ4v) is 7.50. The lowest BCUT2D eigenvalue weighted by atomic mass is 9.47. The van der Waals surface area contributed by atoms with E-state index < -0.39 is 41.5 Å². The van der Waals surface area contributed by atoms with Gasteiger partial charge in [-0.2, -0.15) is 13.2 Å². The van der Waals surface area contributed by atoms with Crippen molar-refractivity contribution >= 4 is 17.8 Å². The Hall–Kier alpha value is -2.65. The number of nitrogens with one attached hydrogen (secondary N) is 2. The molecule has 2 atom stereocenters. The molecular weight excluding hydrogens is 454 g/mol. The van der Waals surface area contributed by atoms with Gasteiger partial charge in [0.2, 0.25) is 0 Å². The number of hydrogen-bond acceptors (Lipinski definition) is 3. The standard InChI is InChI=1S/C24H27F4N3O3/c1-2-18(22-10-13-7-14(11-22)9-15(8-13)12-22)31-20(33)23(24(26,27)28,30-21(31)34)29-19(32)16-3-5-17(25)6-4-16/h3-6,13-15,18H,2,7-12H2,1H3,(H,29,32)(H,30,34)/t13?,14?,15?,18-,22?,23+/m0/s1. The highest BCUT2D eigenvalue weighted by molar-refractivity contribution is 6.10. The molecule has 5 aliphatic rings. The van der Waals surface area contributed by atoms with Gasteiger partial charge in [0.15, 0.2) is 0 Å². The normalized spacial score (nSPS) is 35.4. The van der Waals surface area contributed by atoms with Gasteiger partial charge in [-0.15, -0.1) is 0 Å². The van der Waals surface area contributed by atoms with Crippen LogP contribution in [0.3, 0.4) is 0 Å². The molecule has 5 fully saturated rings. The van der Waals surface area contributed by atoms with E-state index in [1.807, 2.05) is 0 Å². The summed E-state index contributed by atoms with van der Waals surface area (Å²) >= 11 is 0. The van der Waals surface area contributed by atoms with E-state index in [4.69, 9.17) is 0 Å². The molecule has 2 N–H and O–H groups in total. The zero-order chi connectivity index (χ0) is 24.5. The minimum atomic E-state index is -5.29. The molecule has 4 saturated carbocycles. The van der Waals surface area contributed by atoms with Crippen molar-refractivity contribution in [1.29, 1.82) is 0 Å². The highest BCUT2D eigenvalue weighted by Crippen LogP contribution is 2.62. The molecule has 0 spiro atoms. The Labute approximate surface area is 194 Å². The van der Waals surface area contributed by atoms with Crippen molar-refractivity contribution in [3.63, 3.8) is 0 Å². The van der Waals surface area contributed by atoms with Crippen LogP contribution in [0.25, 0.3) is 0 Å². The highest BCUT2D eigenvalue weighted by Gasteiger charge is 2.71. The number of carbonyl (C=O) groups is 3. The third-order valence-corrected chi connectivity index (χ3v) is 8.38. The first kappa shape index (κ1) is 23.1. The fourth-order valence-electron chi connectivity index (χ4n) is 7.50. The van der Waals surface area contributed by atoms with E-state index >= 15 is 0 Å². The smallest absolute Gasteiger partial charge is 0.314 e. The summed E-state index contributed by atoms with van der Waals surface area (Å²) in [6.45, 7) is 1.79. The van der Waals surface area contributed by atoms with Gasteiger partial charge >= 0.3 is 12.2 Å². The molecule has 1 aliphatic heterocycles. The van der Waals surface area contributed by atoms with Crippen LogP contribution < -0.4 is 10.6 Å². The monoisotopic (exact) mass is 481 g/mol. The van der Waals surface area contributed by atoms with Crippen molar-refractivity contribution in [2.45, 2.75) is 69.8 Å². The fraction of sp³-hybridized carbons (Fsp3) is 0.625. The number of benzene rings is 1. The molecule has 4 amide bonds. The van der Waals surface area contributed by atoms with Crippen molar-refractivity contribution in [3.8, 4) is 0 Å². The molecule has 1 saturated heterocycles. The maximum atomic E-state index is 14.3. The SMILES string of the molecule is CC[C@H](N1C(=O)N[C@@](NC(=O)c2ccc(F)cc2)(C(F)(F)F)C1=O)C12CC3CC(CC(C3)C1)C2. The molecule has 1 aromatic rings. The number of imide groups is 1. The number of halogens is 4. The number of amides is 4. The molecule has 184 valence electrons. The Morgan fingerprint density at radius 3 is 2.09 bits per heavy atom. The van der Waals surface area contributed by atoms with Gasteiger partial charge in [0.05, 0.1) is 0 Å². The van der Waals surface area contributed by atoms with Crippen LogP contribution in [0.1, 0.15) is 62.2 Å². The van der Waals surface area contributed by atoms with Crippen LogP contribution in [0.15, 0.2) is 24.3 Å². The van der Waals surface area contributed by atoms with E-state index in [1.54, 1.807) is 17.6 Å². The van der Waals surface area contributed by atoms with Crippen LogP contribution >= 0.6 is 0 Å². The average Bonchev–Trinajstić information content (AvgIpc) is 2.99. The summed E-state index contributed by atoms with van der Waals surface area (Å²) in [5.74, 6) is -1.98. The molecule has 6 rings (SSSR count). The van der Waals surface area contributed by atoms with Gasteiger partial charge in [-0.05, 0) is 92.4 Å². The van der Waals surface area contributed by atoms with Crippen molar-refractivity contribution in [1.82, 2.24) is 15.5 Å². The second-order valence-corrected chi connectivity index (χ2v) is 10.5. The number of urea groups is 1. The zero-order valence-electron chi connectivity index (χ0n) is 18.8. The summed E-state index contributed by atoms with van der Waals surface area (Å²) in [7, 11) is 0. The summed E-state index contributed by atoms with van der Waals surface area (Å²) < 4.78 is 56.2. The largest absolute Gasteiger partial charge is 0.440 e. The second kappa shape index (κ2) is 7.68. The van der Waals surface area contributed by atoms with E-state index in [2.05, 4.69) is 0 Å². The Kier molecular flexibility index (Phi) is 5.22. The molecule has 10 heteroatoms. The molecule has 4 bridgehead atoms. The van der Waals surface area contributed by atoms with Crippen LogP contribution in [0, 0.1) is 29.0 Å². The van der Waals surface area contributed by atoms with Crippen LogP contribution in [0.4, 0.5) is 22.4 Å². The Morgan fingerprint density at radius 2 is 1.62 bits per heavy atom. The van der Waals surface area contributed by atoms with E-state index in [9.17, 15) is 31.9 Å². The maximum absolute atomic E-state index is 14.3. The first-order valence-corrected chi connectivity index (χ1v) is 11.8. The first-order chi connectivity index (χ1) is 16.0. The van der Waals surface area contributed by atoms with Crippen LogP contribution in [0.2, 0.25) is 0 Å². The number of carbonyl (C=O) groups excluding carboxylic acids is 3. The molecule has 4 aliphatic carbocycles. The number of nitrogens with zero attached hydrogens (tertiary/aromatic N) is 1. The lowest BCUT2D eigenvalue weighted by Gasteiger charge is -2.60. The first-order valence-electron chi connectivity index (χ1n) is 11.8. The van der Waals surface area contributed by atoms with Crippen molar-refractivity contribution in [2.24, 2.45) is 23.2 Å². The molecule has 34 heavy (non-hydrogen) atoms. The van der Waals surface area contributed by atoms with Crippen LogP contribution in [-0.4, -0.2) is 40.6 Å². The number of hydrogen-bond donors (Lipinski definition) is 2. The molecule has 0 unspecified atom stereocenters. The lowest BCUT2D eigenvalue weighted by molar-refractivity contribution is -0.202. The van der Waals surface area contributed by atoms with Gasteiger partial charge in [-0.25, -0.2) is 9.18 Å². The Morgan fingerprint density at radius 1 is 1.09 bits per heavy atom. The van der Waals surface area contributed by atoms with E-state index in [1.165, 1.54) is 0 Å². The quantitative estimate of drug-likeness (QED) is 0.485. The van der Waals surface area contributed by atoms with Gasteiger partial charge in [-0.3, -0.25) is 19.8 Å². The van der Waals surface area contributed by atoms with Gasteiger partial charge in [0.1, 0.15) is 5.82 Å². The van der Waals surface area contributed by atoms with Gasteiger partial charge in [0.25, 0.3) is 17.5 Å². The van der Waals surface area contributed by atoms with Gasteiger partial charge in [-0.1, -0.05) is 6.92 Å². The molecular formula is C24H27F4N3O3. The molecule has 1 heterocycles. The van der Waals surface area contributed by atoms with Crippen LogP contribution in [0.5, 0.6) is 0 Å². The second-order valence-electron chi connectivity index (χ2n) is 10.5. The average molecular weight is 481 g/mol. The number of rotatable bonds is 5. The van der Waals surface area contributed by atoms with Crippen molar-refractivity contribution in [3.05, 3.63) is 35.6 Å². The third kappa shape index (κ3) is 3.40. The summed E-state index contributed by atoms with van der Waals surface area (Å²) in [4.78, 5) is 39.8. The number of alkyl halides is 3. The van der Waals surface area contributed by atoms with Gasteiger partial charge in [0, 0.05) is 11.6 Å². The maximum Gasteiger partial charge on any atom is 0.440 e. The minimum absolute atomic E-state index is 0.265. The van der Waals surface area contributed by atoms with E-state index in [-0.39, 0.29) is 11.0 Å². The summed E-state index contributed by atoms with van der Waals surface area (Å²) in [5, 5.41) is 3.49. The zero-order valence-corrected chi connectivity index (χ0v) is 18.8. The molecule has 0 aromatic heterocycles. The van der Waals surface area contributed by atoms with Crippen LogP contribution in [-0.2, 0) is 4.79 Å². The summed E-state index contributed by atoms with van der Waals surface area (Å²) in [6.07, 6.45) is 0.776. The Bertz CT molecular complexity index is 990. The molecule has 6 nitrogen and oxygen atoms in total. The molecule has 0 radical (unpaired) electrons. The summed E-state index contributed by atoms with van der Waals surface area (Å²) in [5.41, 5.74) is -4.23. The van der Waals surface area contributed by atoms with Gasteiger partial charge < -0.3 is 5.32 Å². The highest BCUT2D eigenvalue weighted by atomic mass is 19.4. The van der Waals surface area contributed by atoms with E-state index in [0.29, 0.717) is 24.2 Å². The minimum Gasteiger partial charge on any atom is -0.314 e. The third-order valence-electron chi connectivity index (χ3n) is 8.38. The Balaban J connectivity index is 1.48. The van der Waals surface area contributed by atoms with Crippen molar-refractivity contribution in [2.75, 3.05) is 0 Å².